The van der Waals surface area contributed by atoms with Gasteiger partial charge in [0.2, 0.25) is 0 Å². The number of rotatable bonds is 5. The van der Waals surface area contributed by atoms with E-state index in [4.69, 9.17) is 0 Å². The third-order valence-corrected chi connectivity index (χ3v) is 4.88. The highest BCUT2D eigenvalue weighted by Gasteiger charge is 2.41. The maximum absolute atomic E-state index is 12.7. The average molecular weight is 384 g/mol. The highest BCUT2D eigenvalue weighted by Crippen LogP contribution is 2.37. The van der Waals surface area contributed by atoms with Gasteiger partial charge in [0.25, 0.3) is 5.91 Å². The number of halogens is 3. The molecule has 0 saturated heterocycles. The molecule has 0 radical (unpaired) electrons. The normalized spacial score (nSPS) is 20.9. The van der Waals surface area contributed by atoms with Gasteiger partial charge in [-0.2, -0.15) is 13.2 Å². The number of nitrogens with one attached hydrogen (secondary N) is 3. The number of alkyl halides is 3. The first-order valence-electron chi connectivity index (χ1n) is 9.18. The standard InChI is InChI=1S/C19H27F3N4O/c1-23-17(27)14-5-3-4-13(12-14)10-11-25-18(24-2)26-16-8-6-15(7-9-16)19(20,21)22/h3-5,12,15-16H,6-11H2,1-2H3,(H,23,27)(H2,24,25,26). The summed E-state index contributed by atoms with van der Waals surface area (Å²) in [4.78, 5) is 15.8. The first-order chi connectivity index (χ1) is 12.8. The molecule has 1 fully saturated rings. The molecule has 0 bridgehead atoms. The number of hydrogen-bond donors (Lipinski definition) is 3. The molecule has 150 valence electrons. The highest BCUT2D eigenvalue weighted by atomic mass is 19.4. The van der Waals surface area contributed by atoms with Gasteiger partial charge in [-0.3, -0.25) is 9.79 Å². The zero-order chi connectivity index (χ0) is 19.9. The van der Waals surface area contributed by atoms with Crippen LogP contribution >= 0.6 is 0 Å². The van der Waals surface area contributed by atoms with E-state index in [9.17, 15) is 18.0 Å². The summed E-state index contributed by atoms with van der Waals surface area (Å²) in [7, 11) is 3.23. The number of carbonyl (C=O) groups is 1. The van der Waals surface area contributed by atoms with Crippen LogP contribution < -0.4 is 16.0 Å². The summed E-state index contributed by atoms with van der Waals surface area (Å²) in [5, 5.41) is 8.99. The lowest BCUT2D eigenvalue weighted by atomic mass is 9.85. The molecule has 27 heavy (non-hydrogen) atoms. The molecule has 0 aromatic heterocycles. The highest BCUT2D eigenvalue weighted by molar-refractivity contribution is 5.94. The Bertz CT molecular complexity index is 653. The molecule has 5 nitrogen and oxygen atoms in total. The molecule has 0 atom stereocenters. The number of benzene rings is 1. The van der Waals surface area contributed by atoms with Crippen LogP contribution in [0, 0.1) is 5.92 Å². The minimum atomic E-state index is -4.09. The van der Waals surface area contributed by atoms with E-state index in [1.165, 1.54) is 0 Å². The van der Waals surface area contributed by atoms with Gasteiger partial charge in [-0.15, -0.1) is 0 Å². The van der Waals surface area contributed by atoms with E-state index in [-0.39, 0.29) is 24.8 Å². The minimum absolute atomic E-state index is 0.00591. The number of carbonyl (C=O) groups excluding carboxylic acids is 1. The molecule has 1 aliphatic carbocycles. The first-order valence-corrected chi connectivity index (χ1v) is 9.18. The summed E-state index contributed by atoms with van der Waals surface area (Å²) >= 11 is 0. The lowest BCUT2D eigenvalue weighted by Gasteiger charge is -2.31. The van der Waals surface area contributed by atoms with Crippen LogP contribution in [0.5, 0.6) is 0 Å². The van der Waals surface area contributed by atoms with Crippen molar-refractivity contribution < 1.29 is 18.0 Å². The van der Waals surface area contributed by atoms with Crippen molar-refractivity contribution in [2.75, 3.05) is 20.6 Å². The second kappa shape index (κ2) is 9.62. The Morgan fingerprint density at radius 1 is 1.22 bits per heavy atom. The summed E-state index contributed by atoms with van der Waals surface area (Å²) in [6.07, 6.45) is -2.10. The Labute approximate surface area is 157 Å². The predicted octanol–water partition coefficient (Wildman–Crippen LogP) is 2.87. The topological polar surface area (TPSA) is 65.5 Å². The Hall–Kier alpha value is -2.25. The van der Waals surface area contributed by atoms with Gasteiger partial charge in [0.1, 0.15) is 0 Å². The number of guanidine groups is 1. The number of nitrogens with zero attached hydrogens (tertiary/aromatic N) is 1. The molecule has 3 N–H and O–H groups in total. The predicted molar refractivity (Wildman–Crippen MR) is 99.8 cm³/mol. The Morgan fingerprint density at radius 2 is 1.93 bits per heavy atom. The fraction of sp³-hybridized carbons (Fsp3) is 0.579. The molecule has 1 amide bonds. The molecule has 0 aliphatic heterocycles. The second-order valence-electron chi connectivity index (χ2n) is 6.76. The lowest BCUT2D eigenvalue weighted by molar-refractivity contribution is -0.182. The Kier molecular flexibility index (Phi) is 7.50. The molecular weight excluding hydrogens is 357 g/mol. The van der Waals surface area contributed by atoms with E-state index in [0.717, 1.165) is 5.56 Å². The summed E-state index contributed by atoms with van der Waals surface area (Å²) < 4.78 is 38.2. The van der Waals surface area contributed by atoms with Crippen LogP contribution in [0.15, 0.2) is 29.3 Å². The van der Waals surface area contributed by atoms with Gasteiger partial charge in [0, 0.05) is 32.2 Å². The molecule has 1 aliphatic rings. The number of amides is 1. The van der Waals surface area contributed by atoms with E-state index in [2.05, 4.69) is 20.9 Å². The van der Waals surface area contributed by atoms with Gasteiger partial charge in [-0.1, -0.05) is 12.1 Å². The quantitative estimate of drug-likeness (QED) is 0.540. The Morgan fingerprint density at radius 3 is 2.52 bits per heavy atom. The monoisotopic (exact) mass is 384 g/mol. The van der Waals surface area contributed by atoms with Crippen molar-refractivity contribution in [1.29, 1.82) is 0 Å². The van der Waals surface area contributed by atoms with Crippen LogP contribution in [-0.2, 0) is 6.42 Å². The molecular formula is C19H27F3N4O. The van der Waals surface area contributed by atoms with Crippen LogP contribution in [0.25, 0.3) is 0 Å². The van der Waals surface area contributed by atoms with Crippen molar-refractivity contribution in [2.24, 2.45) is 10.9 Å². The van der Waals surface area contributed by atoms with Crippen molar-refractivity contribution in [2.45, 2.75) is 44.3 Å². The average Bonchev–Trinajstić information content (AvgIpc) is 2.66. The molecule has 0 unspecified atom stereocenters. The fourth-order valence-corrected chi connectivity index (χ4v) is 3.29. The molecule has 8 heteroatoms. The van der Waals surface area contributed by atoms with E-state index in [0.29, 0.717) is 37.3 Å². The van der Waals surface area contributed by atoms with Crippen molar-refractivity contribution in [3.05, 3.63) is 35.4 Å². The maximum Gasteiger partial charge on any atom is 0.391 e. The lowest BCUT2D eigenvalue weighted by Crippen LogP contribution is -2.46. The minimum Gasteiger partial charge on any atom is -0.356 e. The molecule has 2 rings (SSSR count). The van der Waals surface area contributed by atoms with Crippen LogP contribution in [-0.4, -0.2) is 44.7 Å². The summed E-state index contributed by atoms with van der Waals surface area (Å²) in [6, 6.07) is 7.39. The van der Waals surface area contributed by atoms with Crippen molar-refractivity contribution >= 4 is 11.9 Å². The second-order valence-corrected chi connectivity index (χ2v) is 6.76. The third-order valence-electron chi connectivity index (χ3n) is 4.88. The largest absolute Gasteiger partial charge is 0.391 e. The van der Waals surface area contributed by atoms with Crippen molar-refractivity contribution in [1.82, 2.24) is 16.0 Å². The van der Waals surface area contributed by atoms with Gasteiger partial charge >= 0.3 is 6.18 Å². The number of hydrogen-bond acceptors (Lipinski definition) is 2. The van der Waals surface area contributed by atoms with Gasteiger partial charge in [-0.05, 0) is 49.8 Å². The smallest absolute Gasteiger partial charge is 0.356 e. The zero-order valence-corrected chi connectivity index (χ0v) is 15.7. The van der Waals surface area contributed by atoms with E-state index in [1.54, 1.807) is 20.2 Å². The fourth-order valence-electron chi connectivity index (χ4n) is 3.29. The van der Waals surface area contributed by atoms with Gasteiger partial charge in [0.05, 0.1) is 5.92 Å². The van der Waals surface area contributed by atoms with Crippen LogP contribution in [0.4, 0.5) is 13.2 Å². The van der Waals surface area contributed by atoms with Crippen molar-refractivity contribution in [3.63, 3.8) is 0 Å². The molecule has 1 aromatic rings. The van der Waals surface area contributed by atoms with Gasteiger partial charge in [0.15, 0.2) is 5.96 Å². The summed E-state index contributed by atoms with van der Waals surface area (Å²) in [5.74, 6) is -0.720. The molecule has 0 spiro atoms. The summed E-state index contributed by atoms with van der Waals surface area (Å²) in [6.45, 7) is 0.606. The molecule has 1 aromatic carbocycles. The van der Waals surface area contributed by atoms with Crippen LogP contribution in [0.1, 0.15) is 41.6 Å². The Balaban J connectivity index is 1.77. The van der Waals surface area contributed by atoms with Gasteiger partial charge < -0.3 is 16.0 Å². The number of aliphatic imine (C=N–C) groups is 1. The van der Waals surface area contributed by atoms with Crippen LogP contribution in [0.2, 0.25) is 0 Å². The van der Waals surface area contributed by atoms with E-state index in [1.807, 2.05) is 18.2 Å². The molecule has 0 heterocycles. The van der Waals surface area contributed by atoms with E-state index < -0.39 is 12.1 Å². The van der Waals surface area contributed by atoms with Crippen molar-refractivity contribution in [3.8, 4) is 0 Å². The summed E-state index contributed by atoms with van der Waals surface area (Å²) in [5.41, 5.74) is 1.63. The SMILES string of the molecule is CN=C(NCCc1cccc(C(=O)NC)c1)NC1CCC(C(F)(F)F)CC1. The zero-order valence-electron chi connectivity index (χ0n) is 15.7. The van der Waals surface area contributed by atoms with Gasteiger partial charge in [-0.25, -0.2) is 0 Å². The molecule has 1 saturated carbocycles. The third kappa shape index (κ3) is 6.45. The maximum atomic E-state index is 12.7. The van der Waals surface area contributed by atoms with Crippen LogP contribution in [0.3, 0.4) is 0 Å². The van der Waals surface area contributed by atoms with E-state index >= 15 is 0 Å². The first kappa shape index (κ1) is 21.1.